The Morgan fingerprint density at radius 2 is 1.64 bits per heavy atom. The van der Waals surface area contributed by atoms with Crippen LogP contribution < -0.4 is 5.32 Å². The maximum atomic E-state index is 12.4. The van der Waals surface area contributed by atoms with Gasteiger partial charge in [-0.25, -0.2) is 9.59 Å². The number of thiophene rings is 1. The van der Waals surface area contributed by atoms with Crippen molar-refractivity contribution in [3.8, 4) is 0 Å². The molecule has 0 fully saturated rings. The summed E-state index contributed by atoms with van der Waals surface area (Å²) in [7, 11) is 0. The Balaban J connectivity index is 2.33. The van der Waals surface area contributed by atoms with Gasteiger partial charge in [-0.05, 0) is 60.7 Å². The van der Waals surface area contributed by atoms with Gasteiger partial charge in [0.05, 0.1) is 18.8 Å². The molecule has 2 aromatic rings. The Bertz CT molecular complexity index is 785. The molecule has 6 nitrogen and oxygen atoms in total. The number of nitrogens with one attached hydrogen (secondary N) is 1. The lowest BCUT2D eigenvalue weighted by Gasteiger charge is -2.08. The summed E-state index contributed by atoms with van der Waals surface area (Å²) in [6, 6.07) is 6.97. The molecule has 0 aliphatic rings. The molecule has 1 aromatic heterocycles. The van der Waals surface area contributed by atoms with Crippen molar-refractivity contribution in [1.82, 2.24) is 0 Å². The Morgan fingerprint density at radius 3 is 2.24 bits per heavy atom. The summed E-state index contributed by atoms with van der Waals surface area (Å²) in [6.45, 7) is 3.68. The number of esters is 2. The lowest BCUT2D eigenvalue weighted by atomic mass is 10.1. The first-order valence-corrected chi connectivity index (χ1v) is 9.46. The standard InChI is InChI=1S/C17H16INO5S/c1-3-23-16(21)12-9-25-15(13(12)17(22)24-4-2)19-14(20)10-5-7-11(18)8-6-10/h5-9H,3-4H2,1-2H3,(H,19,20). The molecular weight excluding hydrogens is 457 g/mol. The Hall–Kier alpha value is -1.94. The van der Waals surface area contributed by atoms with Crippen LogP contribution in [0.3, 0.4) is 0 Å². The zero-order valence-electron chi connectivity index (χ0n) is 13.6. The molecule has 0 saturated carbocycles. The highest BCUT2D eigenvalue weighted by molar-refractivity contribution is 14.1. The summed E-state index contributed by atoms with van der Waals surface area (Å²) >= 11 is 3.22. The first-order valence-electron chi connectivity index (χ1n) is 7.50. The number of hydrogen-bond acceptors (Lipinski definition) is 6. The van der Waals surface area contributed by atoms with Crippen molar-refractivity contribution < 1.29 is 23.9 Å². The third-order valence-electron chi connectivity index (χ3n) is 3.10. The average molecular weight is 473 g/mol. The van der Waals surface area contributed by atoms with Crippen molar-refractivity contribution in [3.63, 3.8) is 0 Å². The van der Waals surface area contributed by atoms with E-state index in [9.17, 15) is 14.4 Å². The zero-order chi connectivity index (χ0) is 18.4. The lowest BCUT2D eigenvalue weighted by molar-refractivity contribution is 0.0481. The zero-order valence-corrected chi connectivity index (χ0v) is 16.6. The summed E-state index contributed by atoms with van der Waals surface area (Å²) in [5, 5.41) is 4.41. The van der Waals surface area contributed by atoms with E-state index in [2.05, 4.69) is 27.9 Å². The first-order chi connectivity index (χ1) is 12.0. The number of carbonyl (C=O) groups is 3. The number of amides is 1. The minimum absolute atomic E-state index is 0.0177. The third-order valence-corrected chi connectivity index (χ3v) is 4.71. The number of anilines is 1. The second kappa shape index (κ2) is 8.95. The van der Waals surface area contributed by atoms with Crippen molar-refractivity contribution in [1.29, 1.82) is 0 Å². The Kier molecular flexibility index (Phi) is 6.94. The molecular formula is C17H16INO5S. The van der Waals surface area contributed by atoms with Crippen LogP contribution >= 0.6 is 33.9 Å². The topological polar surface area (TPSA) is 81.7 Å². The van der Waals surface area contributed by atoms with E-state index in [-0.39, 0.29) is 35.2 Å². The van der Waals surface area contributed by atoms with Crippen LogP contribution in [0.2, 0.25) is 0 Å². The van der Waals surface area contributed by atoms with Gasteiger partial charge in [0.1, 0.15) is 10.6 Å². The predicted molar refractivity (Wildman–Crippen MR) is 103 cm³/mol. The molecule has 2 rings (SSSR count). The molecule has 132 valence electrons. The minimum atomic E-state index is -0.676. The number of rotatable bonds is 6. The molecule has 0 aliphatic carbocycles. The van der Waals surface area contributed by atoms with Crippen molar-refractivity contribution in [2.24, 2.45) is 0 Å². The molecule has 0 atom stereocenters. The van der Waals surface area contributed by atoms with Crippen molar-refractivity contribution in [3.05, 3.63) is 49.9 Å². The molecule has 0 bridgehead atoms. The predicted octanol–water partition coefficient (Wildman–Crippen LogP) is 3.96. The fourth-order valence-corrected chi connectivity index (χ4v) is 3.26. The van der Waals surface area contributed by atoms with Crippen LogP contribution in [-0.2, 0) is 9.47 Å². The maximum absolute atomic E-state index is 12.4. The lowest BCUT2D eigenvalue weighted by Crippen LogP contribution is -2.17. The number of carbonyl (C=O) groups excluding carboxylic acids is 3. The summed E-state index contributed by atoms with van der Waals surface area (Å²) in [5.74, 6) is -1.68. The van der Waals surface area contributed by atoms with Gasteiger partial charge in [-0.2, -0.15) is 0 Å². The summed E-state index contributed by atoms with van der Waals surface area (Å²) < 4.78 is 11.0. The Labute approximate surface area is 162 Å². The highest BCUT2D eigenvalue weighted by atomic mass is 127. The molecule has 8 heteroatoms. The fourth-order valence-electron chi connectivity index (χ4n) is 1.99. The largest absolute Gasteiger partial charge is 0.462 e. The van der Waals surface area contributed by atoms with E-state index < -0.39 is 11.9 Å². The van der Waals surface area contributed by atoms with Crippen molar-refractivity contribution in [2.75, 3.05) is 18.5 Å². The van der Waals surface area contributed by atoms with E-state index in [1.807, 2.05) is 0 Å². The van der Waals surface area contributed by atoms with Gasteiger partial charge >= 0.3 is 11.9 Å². The smallest absolute Gasteiger partial charge is 0.342 e. The highest BCUT2D eigenvalue weighted by Crippen LogP contribution is 2.30. The van der Waals surface area contributed by atoms with E-state index in [0.29, 0.717) is 5.56 Å². The maximum Gasteiger partial charge on any atom is 0.342 e. The summed E-state index contributed by atoms with van der Waals surface area (Å²) in [4.78, 5) is 36.7. The van der Waals surface area contributed by atoms with Crippen molar-refractivity contribution >= 4 is 56.8 Å². The van der Waals surface area contributed by atoms with Gasteiger partial charge in [-0.3, -0.25) is 4.79 Å². The SMILES string of the molecule is CCOC(=O)c1csc(NC(=O)c2ccc(I)cc2)c1C(=O)OCC. The minimum Gasteiger partial charge on any atom is -0.462 e. The van der Waals surface area contributed by atoms with Crippen LogP contribution in [0.5, 0.6) is 0 Å². The van der Waals surface area contributed by atoms with E-state index in [1.54, 1.807) is 38.1 Å². The molecule has 25 heavy (non-hydrogen) atoms. The van der Waals surface area contributed by atoms with E-state index in [1.165, 1.54) is 5.38 Å². The molecule has 1 heterocycles. The average Bonchev–Trinajstić information content (AvgIpc) is 2.99. The van der Waals surface area contributed by atoms with Gasteiger partial charge in [0.25, 0.3) is 5.91 Å². The molecule has 1 aromatic carbocycles. The molecule has 0 spiro atoms. The van der Waals surface area contributed by atoms with E-state index >= 15 is 0 Å². The number of ether oxygens (including phenoxy) is 2. The van der Waals surface area contributed by atoms with E-state index in [0.717, 1.165) is 14.9 Å². The van der Waals surface area contributed by atoms with Gasteiger partial charge in [0.2, 0.25) is 0 Å². The van der Waals surface area contributed by atoms with Crippen LogP contribution in [0.15, 0.2) is 29.6 Å². The molecule has 0 unspecified atom stereocenters. The van der Waals surface area contributed by atoms with Crippen LogP contribution in [0, 0.1) is 3.57 Å². The second-order valence-electron chi connectivity index (χ2n) is 4.76. The molecule has 1 N–H and O–H groups in total. The first kappa shape index (κ1) is 19.4. The number of halogens is 1. The molecule has 1 amide bonds. The number of benzene rings is 1. The molecule has 0 saturated heterocycles. The summed E-state index contributed by atoms with van der Waals surface area (Å²) in [5.41, 5.74) is 0.550. The van der Waals surface area contributed by atoms with Gasteiger partial charge in [0.15, 0.2) is 0 Å². The third kappa shape index (κ3) is 4.79. The number of hydrogen-bond donors (Lipinski definition) is 1. The van der Waals surface area contributed by atoms with E-state index in [4.69, 9.17) is 9.47 Å². The molecule has 0 radical (unpaired) electrons. The van der Waals surface area contributed by atoms with Gasteiger partial charge in [0, 0.05) is 14.5 Å². The van der Waals surface area contributed by atoms with Gasteiger partial charge in [-0.15, -0.1) is 11.3 Å². The molecule has 0 aliphatic heterocycles. The second-order valence-corrected chi connectivity index (χ2v) is 6.88. The monoisotopic (exact) mass is 473 g/mol. The van der Waals surface area contributed by atoms with Crippen LogP contribution in [0.4, 0.5) is 5.00 Å². The quantitative estimate of drug-likeness (QED) is 0.508. The van der Waals surface area contributed by atoms with Crippen LogP contribution in [0.25, 0.3) is 0 Å². The van der Waals surface area contributed by atoms with Crippen LogP contribution in [-0.4, -0.2) is 31.1 Å². The van der Waals surface area contributed by atoms with Gasteiger partial charge in [-0.1, -0.05) is 0 Å². The summed E-state index contributed by atoms with van der Waals surface area (Å²) in [6.07, 6.45) is 0. The van der Waals surface area contributed by atoms with Crippen molar-refractivity contribution in [2.45, 2.75) is 13.8 Å². The Morgan fingerprint density at radius 1 is 1.04 bits per heavy atom. The normalized spacial score (nSPS) is 10.2. The fraction of sp³-hybridized carbons (Fsp3) is 0.235. The highest BCUT2D eigenvalue weighted by Gasteiger charge is 2.26. The van der Waals surface area contributed by atoms with Crippen LogP contribution in [0.1, 0.15) is 44.9 Å². The van der Waals surface area contributed by atoms with Gasteiger partial charge < -0.3 is 14.8 Å².